The number of amidine groups is 1. The number of carboxylic acid groups (broad SMARTS) is 1. The quantitative estimate of drug-likeness (QED) is 0.295. The lowest BCUT2D eigenvalue weighted by molar-refractivity contribution is -0.138. The molecule has 6 nitrogen and oxygen atoms in total. The number of carboxylic acids is 1. The number of hydrogen-bond donors (Lipinski definition) is 2. The predicted molar refractivity (Wildman–Crippen MR) is 151 cm³/mol. The zero-order valence-electron chi connectivity index (χ0n) is 23.4. The highest BCUT2D eigenvalue weighted by atomic mass is 19.4. The summed E-state index contributed by atoms with van der Waals surface area (Å²) in [4.78, 5) is 19.9. The Bertz CT molecular complexity index is 1480. The number of benzene rings is 3. The number of phenolic OH excluding ortho intramolecular Hbond substituents is 1. The molecule has 2 aliphatic rings. The molecule has 1 fully saturated rings. The number of rotatable bonds is 5. The highest BCUT2D eigenvalue weighted by Gasteiger charge is 2.40. The van der Waals surface area contributed by atoms with E-state index in [-0.39, 0.29) is 28.6 Å². The van der Waals surface area contributed by atoms with Crippen LogP contribution in [0.4, 0.5) is 39.0 Å². The summed E-state index contributed by atoms with van der Waals surface area (Å²) in [6, 6.07) is 10.1. The smallest absolute Gasteiger partial charge is 0.416 e. The first-order chi connectivity index (χ1) is 19.9. The molecular formula is C31H32F5N3O3. The number of anilines is 2. The summed E-state index contributed by atoms with van der Waals surface area (Å²) in [6.07, 6.45) is -4.39. The molecule has 1 atom stereocenters. The summed E-state index contributed by atoms with van der Waals surface area (Å²) in [5.41, 5.74) is 0.151. The molecule has 0 aromatic heterocycles. The molecular weight excluding hydrogens is 557 g/mol. The second-order valence-electron chi connectivity index (χ2n) is 10.0. The maximum Gasteiger partial charge on any atom is 0.416 e. The molecule has 0 radical (unpaired) electrons. The first-order valence-electron chi connectivity index (χ1n) is 13.7. The number of nitrogens with zero attached hydrogens (tertiary/aromatic N) is 3. The summed E-state index contributed by atoms with van der Waals surface area (Å²) in [7, 11) is 0. The van der Waals surface area contributed by atoms with Crippen LogP contribution in [0.25, 0.3) is 0 Å². The van der Waals surface area contributed by atoms with Crippen molar-refractivity contribution in [2.24, 2.45) is 10.9 Å². The standard InChI is InChI=1S/C29H26F5N3O3.C2H6/c1-16-13-19(6-7-21(16)30)36-11-9-17(10-12-36)28-35-27-20(3-2-4-22(27)31)23(15-26(39)40)37(28)24-14-18(29(32,33)34)5-8-25(24)38;1-2/h2-8,13-14,17,23,38H,9-12,15H2,1H3,(H,39,40);1-2H3. The normalized spacial score (nSPS) is 17.2. The SMILES string of the molecule is CC.Cc1cc(N2CCC(C3=Nc4c(F)cccc4C(CC(=O)O)N3c3cc(C(F)(F)F)ccc3O)CC2)ccc1F. The Balaban J connectivity index is 0.00000198. The summed E-state index contributed by atoms with van der Waals surface area (Å²) >= 11 is 0. The van der Waals surface area contributed by atoms with Crippen molar-refractivity contribution in [2.45, 2.75) is 52.3 Å². The lowest BCUT2D eigenvalue weighted by atomic mass is 9.89. The maximum atomic E-state index is 15.0. The van der Waals surface area contributed by atoms with Crippen molar-refractivity contribution >= 4 is 28.9 Å². The van der Waals surface area contributed by atoms with Gasteiger partial charge < -0.3 is 20.0 Å². The minimum atomic E-state index is -4.72. The molecule has 0 spiro atoms. The maximum absolute atomic E-state index is 15.0. The predicted octanol–water partition coefficient (Wildman–Crippen LogP) is 8.01. The fraction of sp³-hybridized carbons (Fsp3) is 0.355. The van der Waals surface area contributed by atoms with Gasteiger partial charge in [-0.15, -0.1) is 0 Å². The zero-order valence-corrected chi connectivity index (χ0v) is 23.4. The Morgan fingerprint density at radius 2 is 1.69 bits per heavy atom. The van der Waals surface area contributed by atoms with Gasteiger partial charge in [-0.3, -0.25) is 4.79 Å². The van der Waals surface area contributed by atoms with Crippen molar-refractivity contribution in [1.82, 2.24) is 0 Å². The van der Waals surface area contributed by atoms with Crippen LogP contribution in [0, 0.1) is 24.5 Å². The number of phenols is 1. The molecule has 5 rings (SSSR count). The van der Waals surface area contributed by atoms with E-state index in [2.05, 4.69) is 4.99 Å². The van der Waals surface area contributed by atoms with E-state index < -0.39 is 47.7 Å². The average Bonchev–Trinajstić information content (AvgIpc) is 2.95. The van der Waals surface area contributed by atoms with Crippen LogP contribution in [0.3, 0.4) is 0 Å². The van der Waals surface area contributed by atoms with Crippen LogP contribution in [0.1, 0.15) is 55.8 Å². The number of aromatic hydroxyl groups is 1. The van der Waals surface area contributed by atoms with Crippen LogP contribution in [0.2, 0.25) is 0 Å². The Labute approximate surface area is 240 Å². The molecule has 42 heavy (non-hydrogen) atoms. The number of halogens is 5. The molecule has 0 bridgehead atoms. The Kier molecular flexibility index (Phi) is 9.08. The molecule has 0 aliphatic carbocycles. The number of para-hydroxylation sites is 1. The first kappa shape index (κ1) is 30.8. The number of hydrogen-bond acceptors (Lipinski definition) is 5. The second kappa shape index (κ2) is 12.4. The van der Waals surface area contributed by atoms with Crippen molar-refractivity contribution in [1.29, 1.82) is 0 Å². The molecule has 2 N–H and O–H groups in total. The van der Waals surface area contributed by atoms with E-state index in [9.17, 15) is 37.0 Å². The molecule has 1 unspecified atom stereocenters. The molecule has 2 heterocycles. The third-order valence-corrected chi connectivity index (χ3v) is 7.46. The Hall–Kier alpha value is -4.15. The van der Waals surface area contributed by atoms with Gasteiger partial charge in [0, 0.05) is 30.3 Å². The van der Waals surface area contributed by atoms with E-state index in [1.54, 1.807) is 19.1 Å². The van der Waals surface area contributed by atoms with Gasteiger partial charge in [-0.25, -0.2) is 13.8 Å². The fourth-order valence-corrected chi connectivity index (χ4v) is 5.45. The molecule has 0 amide bonds. The van der Waals surface area contributed by atoms with Gasteiger partial charge in [-0.1, -0.05) is 26.0 Å². The molecule has 11 heteroatoms. The molecule has 2 aliphatic heterocycles. The minimum Gasteiger partial charge on any atom is -0.506 e. The van der Waals surface area contributed by atoms with Crippen LogP contribution >= 0.6 is 0 Å². The van der Waals surface area contributed by atoms with Crippen molar-refractivity contribution in [2.75, 3.05) is 22.9 Å². The van der Waals surface area contributed by atoms with E-state index in [0.29, 0.717) is 31.5 Å². The van der Waals surface area contributed by atoms with Gasteiger partial charge in [0.05, 0.1) is 23.7 Å². The van der Waals surface area contributed by atoms with E-state index in [1.807, 2.05) is 18.7 Å². The summed E-state index contributed by atoms with van der Waals surface area (Å²) < 4.78 is 69.8. The number of fused-ring (bicyclic) bond motifs is 1. The van der Waals surface area contributed by atoms with E-state index >= 15 is 0 Å². The van der Waals surface area contributed by atoms with Crippen molar-refractivity contribution in [3.05, 3.63) is 82.9 Å². The van der Waals surface area contributed by atoms with Crippen LogP contribution in [0.15, 0.2) is 59.6 Å². The van der Waals surface area contributed by atoms with Gasteiger partial charge in [0.1, 0.15) is 28.9 Å². The molecule has 3 aromatic carbocycles. The van der Waals surface area contributed by atoms with Crippen molar-refractivity contribution in [3.8, 4) is 5.75 Å². The number of aliphatic carboxylic acids is 1. The Morgan fingerprint density at radius 1 is 1.00 bits per heavy atom. The first-order valence-corrected chi connectivity index (χ1v) is 13.7. The third-order valence-electron chi connectivity index (χ3n) is 7.46. The lowest BCUT2D eigenvalue weighted by Gasteiger charge is -2.43. The number of piperidine rings is 1. The summed E-state index contributed by atoms with van der Waals surface area (Å²) in [5.74, 6) is -2.95. The highest BCUT2D eigenvalue weighted by Crippen LogP contribution is 2.47. The lowest BCUT2D eigenvalue weighted by Crippen LogP contribution is -2.46. The second-order valence-corrected chi connectivity index (χ2v) is 10.0. The van der Waals surface area contributed by atoms with Gasteiger partial charge in [-0.05, 0) is 67.8 Å². The van der Waals surface area contributed by atoms with Gasteiger partial charge >= 0.3 is 12.1 Å². The van der Waals surface area contributed by atoms with Gasteiger partial charge in [0.25, 0.3) is 0 Å². The number of aliphatic imine (C=N–C) groups is 1. The van der Waals surface area contributed by atoms with Crippen LogP contribution in [-0.2, 0) is 11.0 Å². The number of alkyl halides is 3. The van der Waals surface area contributed by atoms with Gasteiger partial charge in [0.15, 0.2) is 0 Å². The number of aryl methyl sites for hydroxylation is 1. The van der Waals surface area contributed by atoms with Crippen molar-refractivity contribution < 1.29 is 37.0 Å². The van der Waals surface area contributed by atoms with Gasteiger partial charge in [-0.2, -0.15) is 13.2 Å². The van der Waals surface area contributed by atoms with E-state index in [1.165, 1.54) is 29.2 Å². The summed E-state index contributed by atoms with van der Waals surface area (Å²) in [5, 5.41) is 20.5. The third kappa shape index (κ3) is 6.19. The number of carbonyl (C=O) groups is 1. The minimum absolute atomic E-state index is 0.0666. The average molecular weight is 590 g/mol. The van der Waals surface area contributed by atoms with Gasteiger partial charge in [0.2, 0.25) is 0 Å². The molecule has 0 saturated carbocycles. The largest absolute Gasteiger partial charge is 0.506 e. The van der Waals surface area contributed by atoms with Crippen LogP contribution < -0.4 is 9.80 Å². The zero-order chi connectivity index (χ0) is 30.8. The van der Waals surface area contributed by atoms with Crippen LogP contribution in [-0.4, -0.2) is 35.1 Å². The topological polar surface area (TPSA) is 76.4 Å². The van der Waals surface area contributed by atoms with Crippen LogP contribution in [0.5, 0.6) is 5.75 Å². The monoisotopic (exact) mass is 589 g/mol. The molecule has 3 aromatic rings. The highest BCUT2D eigenvalue weighted by molar-refractivity contribution is 6.05. The summed E-state index contributed by atoms with van der Waals surface area (Å²) in [6.45, 7) is 6.64. The Morgan fingerprint density at radius 3 is 2.31 bits per heavy atom. The fourth-order valence-electron chi connectivity index (χ4n) is 5.45. The molecule has 224 valence electrons. The molecule has 1 saturated heterocycles. The van der Waals surface area contributed by atoms with E-state index in [0.717, 1.165) is 23.9 Å². The van der Waals surface area contributed by atoms with E-state index in [4.69, 9.17) is 0 Å². The van der Waals surface area contributed by atoms with Crippen molar-refractivity contribution in [3.63, 3.8) is 0 Å².